The van der Waals surface area contributed by atoms with Gasteiger partial charge in [0.1, 0.15) is 29.0 Å². The molecule has 1 aromatic carbocycles. The summed E-state index contributed by atoms with van der Waals surface area (Å²) in [5, 5.41) is 18.5. The van der Waals surface area contributed by atoms with E-state index in [4.69, 9.17) is 10.00 Å². The van der Waals surface area contributed by atoms with E-state index in [0.717, 1.165) is 5.52 Å². The van der Waals surface area contributed by atoms with Crippen LogP contribution in [0.1, 0.15) is 11.3 Å². The van der Waals surface area contributed by atoms with Crippen molar-refractivity contribution < 1.29 is 9.84 Å². The highest BCUT2D eigenvalue weighted by atomic mass is 16.5. The summed E-state index contributed by atoms with van der Waals surface area (Å²) in [5.41, 5.74) is 2.93. The van der Waals surface area contributed by atoms with Crippen molar-refractivity contribution in [3.05, 3.63) is 60.3 Å². The first-order valence-corrected chi connectivity index (χ1v) is 7.70. The number of imidazole rings is 1. The molecule has 4 aromatic rings. The smallest absolute Gasteiger partial charge is 0.158 e. The Balaban J connectivity index is 1.73. The van der Waals surface area contributed by atoms with Gasteiger partial charge in [-0.25, -0.2) is 15.0 Å². The average molecular weight is 344 g/mol. The molecule has 8 heteroatoms. The van der Waals surface area contributed by atoms with Crippen molar-refractivity contribution in [2.45, 2.75) is 6.61 Å². The number of nitriles is 1. The van der Waals surface area contributed by atoms with E-state index < -0.39 is 0 Å². The number of aliphatic hydroxyl groups is 1. The van der Waals surface area contributed by atoms with Crippen LogP contribution in [0.2, 0.25) is 0 Å². The zero-order valence-electron chi connectivity index (χ0n) is 13.4. The van der Waals surface area contributed by atoms with E-state index in [9.17, 15) is 5.11 Å². The summed E-state index contributed by atoms with van der Waals surface area (Å²) in [6.07, 6.45) is 6.26. The summed E-state index contributed by atoms with van der Waals surface area (Å²) in [6.45, 7) is -0.200. The second kappa shape index (κ2) is 6.58. The molecule has 0 spiro atoms. The van der Waals surface area contributed by atoms with Gasteiger partial charge < -0.3 is 14.8 Å². The Bertz CT molecular complexity index is 1100. The number of aromatic nitrogens is 5. The standard InChI is InChI=1S/C18H12N6O2/c19-7-12-1-2-13(8-22-12)26-17-6-15-14(5-11(17)10-25)23-18(24-15)16-9-20-3-4-21-16/h1-6,8-9,25H,10H2,(H,23,24). The summed E-state index contributed by atoms with van der Waals surface area (Å²) >= 11 is 0. The third-order valence-corrected chi connectivity index (χ3v) is 3.72. The molecule has 0 aliphatic rings. The highest BCUT2D eigenvalue weighted by molar-refractivity contribution is 5.81. The second-order valence-corrected chi connectivity index (χ2v) is 5.40. The zero-order valence-corrected chi connectivity index (χ0v) is 13.4. The molecule has 2 N–H and O–H groups in total. The van der Waals surface area contributed by atoms with Crippen LogP contribution in [-0.2, 0) is 6.61 Å². The fourth-order valence-corrected chi connectivity index (χ4v) is 2.48. The SMILES string of the molecule is N#Cc1ccc(Oc2cc3nc(-c4cnccn4)[nH]c3cc2CO)cn1. The zero-order chi connectivity index (χ0) is 17.9. The Morgan fingerprint density at radius 3 is 2.77 bits per heavy atom. The Kier molecular flexibility index (Phi) is 3.97. The van der Waals surface area contributed by atoms with Crippen LogP contribution in [0.5, 0.6) is 11.5 Å². The summed E-state index contributed by atoms with van der Waals surface area (Å²) in [7, 11) is 0. The molecule has 0 saturated carbocycles. The van der Waals surface area contributed by atoms with E-state index in [1.807, 2.05) is 6.07 Å². The first-order valence-electron chi connectivity index (χ1n) is 7.70. The van der Waals surface area contributed by atoms with Crippen LogP contribution in [0, 0.1) is 11.3 Å². The molecule has 0 radical (unpaired) electrons. The third-order valence-electron chi connectivity index (χ3n) is 3.72. The number of fused-ring (bicyclic) bond motifs is 1. The van der Waals surface area contributed by atoms with Gasteiger partial charge in [-0.15, -0.1) is 0 Å². The molecule has 0 amide bonds. The molecule has 0 aliphatic heterocycles. The van der Waals surface area contributed by atoms with E-state index >= 15 is 0 Å². The molecule has 0 atom stereocenters. The van der Waals surface area contributed by atoms with Crippen LogP contribution in [-0.4, -0.2) is 30.0 Å². The molecule has 8 nitrogen and oxygen atoms in total. The molecule has 0 bridgehead atoms. The van der Waals surface area contributed by atoms with Gasteiger partial charge in [0.2, 0.25) is 0 Å². The summed E-state index contributed by atoms with van der Waals surface area (Å²) in [6, 6.07) is 8.66. The van der Waals surface area contributed by atoms with Gasteiger partial charge >= 0.3 is 0 Å². The maximum Gasteiger partial charge on any atom is 0.158 e. The molecule has 4 rings (SSSR count). The van der Waals surface area contributed by atoms with E-state index in [1.165, 1.54) is 6.20 Å². The molecule has 0 fully saturated rings. The fraction of sp³-hybridized carbons (Fsp3) is 0.0556. The number of hydrogen-bond donors (Lipinski definition) is 2. The topological polar surface area (TPSA) is 121 Å². The van der Waals surface area contributed by atoms with Crippen molar-refractivity contribution in [3.63, 3.8) is 0 Å². The van der Waals surface area contributed by atoms with Crippen molar-refractivity contribution in [1.29, 1.82) is 5.26 Å². The third kappa shape index (κ3) is 2.94. The van der Waals surface area contributed by atoms with Gasteiger partial charge in [-0.2, -0.15) is 5.26 Å². The number of nitrogens with zero attached hydrogens (tertiary/aromatic N) is 5. The molecule has 0 aliphatic carbocycles. The number of nitrogens with one attached hydrogen (secondary N) is 1. The van der Waals surface area contributed by atoms with Crippen molar-refractivity contribution >= 4 is 11.0 Å². The maximum absolute atomic E-state index is 9.67. The quantitative estimate of drug-likeness (QED) is 0.583. The second-order valence-electron chi connectivity index (χ2n) is 5.40. The van der Waals surface area contributed by atoms with Gasteiger partial charge in [0, 0.05) is 24.0 Å². The summed E-state index contributed by atoms with van der Waals surface area (Å²) < 4.78 is 5.81. The molecule has 0 unspecified atom stereocenters. The van der Waals surface area contributed by atoms with Crippen molar-refractivity contribution in [2.24, 2.45) is 0 Å². The predicted molar refractivity (Wildman–Crippen MR) is 92.1 cm³/mol. The Morgan fingerprint density at radius 2 is 2.08 bits per heavy atom. The molecule has 3 aromatic heterocycles. The van der Waals surface area contributed by atoms with Gasteiger partial charge in [-0.1, -0.05) is 0 Å². The highest BCUT2D eigenvalue weighted by Crippen LogP contribution is 2.30. The number of pyridine rings is 1. The van der Waals surface area contributed by atoms with Crippen LogP contribution in [0.15, 0.2) is 49.1 Å². The van der Waals surface area contributed by atoms with E-state index in [2.05, 4.69) is 24.9 Å². The molecular weight excluding hydrogens is 332 g/mol. The lowest BCUT2D eigenvalue weighted by Gasteiger charge is -2.09. The van der Waals surface area contributed by atoms with Crippen LogP contribution < -0.4 is 4.74 Å². The Morgan fingerprint density at radius 1 is 1.15 bits per heavy atom. The van der Waals surface area contributed by atoms with Gasteiger partial charge in [0.05, 0.1) is 30.0 Å². The number of hydrogen-bond acceptors (Lipinski definition) is 7. The molecular formula is C18H12N6O2. The first kappa shape index (κ1) is 15.7. The summed E-state index contributed by atoms with van der Waals surface area (Å²) in [4.78, 5) is 19.9. The van der Waals surface area contributed by atoms with Crippen LogP contribution >= 0.6 is 0 Å². The largest absolute Gasteiger partial charge is 0.455 e. The van der Waals surface area contributed by atoms with Crippen molar-refractivity contribution in [2.75, 3.05) is 0 Å². The minimum Gasteiger partial charge on any atom is -0.455 e. The van der Waals surface area contributed by atoms with Gasteiger partial charge in [-0.3, -0.25) is 4.98 Å². The van der Waals surface area contributed by atoms with E-state index in [1.54, 1.807) is 42.9 Å². The monoisotopic (exact) mass is 344 g/mol. The van der Waals surface area contributed by atoms with Gasteiger partial charge in [0.25, 0.3) is 0 Å². The minimum atomic E-state index is -0.200. The highest BCUT2D eigenvalue weighted by Gasteiger charge is 2.12. The average Bonchev–Trinajstić information content (AvgIpc) is 3.11. The lowest BCUT2D eigenvalue weighted by molar-refractivity contribution is 0.276. The number of benzene rings is 1. The van der Waals surface area contributed by atoms with Crippen LogP contribution in [0.4, 0.5) is 0 Å². The molecule has 3 heterocycles. The Hall–Kier alpha value is -3.83. The van der Waals surface area contributed by atoms with E-state index in [-0.39, 0.29) is 6.61 Å². The molecule has 0 saturated heterocycles. The van der Waals surface area contributed by atoms with Crippen molar-refractivity contribution in [1.82, 2.24) is 24.9 Å². The number of aromatic amines is 1. The van der Waals surface area contributed by atoms with E-state index in [0.29, 0.717) is 39.8 Å². The number of H-pyrrole nitrogens is 1. The number of ether oxygens (including phenoxy) is 1. The first-order chi connectivity index (χ1) is 12.8. The normalized spacial score (nSPS) is 10.6. The summed E-state index contributed by atoms with van der Waals surface area (Å²) in [5.74, 6) is 1.50. The predicted octanol–water partition coefficient (Wildman–Crippen LogP) is 2.57. The lowest BCUT2D eigenvalue weighted by Crippen LogP contribution is -1.93. The van der Waals surface area contributed by atoms with Crippen molar-refractivity contribution in [3.8, 4) is 29.1 Å². The maximum atomic E-state index is 9.67. The Labute approximate surface area is 147 Å². The van der Waals surface area contributed by atoms with Crippen LogP contribution in [0.3, 0.4) is 0 Å². The fourth-order valence-electron chi connectivity index (χ4n) is 2.48. The van der Waals surface area contributed by atoms with Gasteiger partial charge in [0.15, 0.2) is 5.82 Å². The van der Waals surface area contributed by atoms with Crippen LogP contribution in [0.25, 0.3) is 22.6 Å². The molecule has 126 valence electrons. The number of aliphatic hydroxyl groups excluding tert-OH is 1. The minimum absolute atomic E-state index is 0.200. The van der Waals surface area contributed by atoms with Gasteiger partial charge in [-0.05, 0) is 18.2 Å². The number of rotatable bonds is 4. The lowest BCUT2D eigenvalue weighted by atomic mass is 10.2. The molecule has 26 heavy (non-hydrogen) atoms.